The van der Waals surface area contributed by atoms with E-state index >= 15 is 0 Å². The van der Waals surface area contributed by atoms with Crippen molar-refractivity contribution in [3.05, 3.63) is 44.2 Å². The van der Waals surface area contributed by atoms with Gasteiger partial charge in [0.05, 0.1) is 16.0 Å². The van der Waals surface area contributed by atoms with E-state index in [1.54, 1.807) is 13.1 Å². The van der Waals surface area contributed by atoms with Crippen molar-refractivity contribution in [3.8, 4) is 5.75 Å². The second-order valence-corrected chi connectivity index (χ2v) is 5.99. The summed E-state index contributed by atoms with van der Waals surface area (Å²) in [6.07, 6.45) is 1.36. The summed E-state index contributed by atoms with van der Waals surface area (Å²) < 4.78 is 7.49. The zero-order valence-electron chi connectivity index (χ0n) is 12.2. The highest BCUT2D eigenvalue weighted by molar-refractivity contribution is 5.89. The Balaban J connectivity index is 2.40. The summed E-state index contributed by atoms with van der Waals surface area (Å²) in [5.41, 5.74) is 0.765. The van der Waals surface area contributed by atoms with Crippen molar-refractivity contribution in [2.45, 2.75) is 32.3 Å². The van der Waals surface area contributed by atoms with E-state index in [0.717, 1.165) is 6.42 Å². The van der Waals surface area contributed by atoms with E-state index in [-0.39, 0.29) is 16.8 Å². The fourth-order valence-corrected chi connectivity index (χ4v) is 2.77. The molecule has 1 aliphatic heterocycles. The summed E-state index contributed by atoms with van der Waals surface area (Å²) in [5.74, 6) is 0.494. The van der Waals surface area contributed by atoms with Crippen molar-refractivity contribution < 1.29 is 9.66 Å². The van der Waals surface area contributed by atoms with E-state index in [1.807, 2.05) is 13.8 Å². The van der Waals surface area contributed by atoms with Gasteiger partial charge in [-0.2, -0.15) is 0 Å². The molecule has 0 radical (unpaired) electrons. The smallest absolute Gasteiger partial charge is 0.270 e. The van der Waals surface area contributed by atoms with E-state index in [4.69, 9.17) is 4.74 Å². The summed E-state index contributed by atoms with van der Waals surface area (Å²) >= 11 is 0. The molecule has 110 valence electrons. The summed E-state index contributed by atoms with van der Waals surface area (Å²) in [7, 11) is 1.68. The van der Waals surface area contributed by atoms with Crippen LogP contribution in [0, 0.1) is 10.1 Å². The van der Waals surface area contributed by atoms with Crippen LogP contribution in [0.1, 0.15) is 25.8 Å². The van der Waals surface area contributed by atoms with Crippen LogP contribution in [-0.2, 0) is 13.5 Å². The van der Waals surface area contributed by atoms with Gasteiger partial charge in [0.1, 0.15) is 11.4 Å². The number of hydrogen-bond donors (Lipinski definition) is 0. The van der Waals surface area contributed by atoms with Gasteiger partial charge in [-0.05, 0) is 32.8 Å². The minimum absolute atomic E-state index is 0.00433. The van der Waals surface area contributed by atoms with E-state index in [0.29, 0.717) is 28.6 Å². The zero-order chi connectivity index (χ0) is 15.4. The first-order valence-electron chi connectivity index (χ1n) is 6.79. The molecule has 1 aliphatic rings. The van der Waals surface area contributed by atoms with Gasteiger partial charge in [-0.15, -0.1) is 0 Å². The quantitative estimate of drug-likeness (QED) is 0.597. The monoisotopic (exact) mass is 288 g/mol. The predicted octanol–water partition coefficient (Wildman–Crippen LogP) is 2.55. The molecule has 0 amide bonds. The number of non-ortho nitro benzene ring substituents is 1. The average Bonchev–Trinajstić information content (AvgIpc) is 2.43. The number of pyridine rings is 1. The third-order valence-electron chi connectivity index (χ3n) is 3.99. The third kappa shape index (κ3) is 2.07. The molecule has 1 aromatic carbocycles. The number of hydrogen-bond acceptors (Lipinski definition) is 4. The largest absolute Gasteiger partial charge is 0.487 e. The summed E-state index contributed by atoms with van der Waals surface area (Å²) in [4.78, 5) is 23.0. The topological polar surface area (TPSA) is 74.4 Å². The van der Waals surface area contributed by atoms with Crippen molar-refractivity contribution in [1.82, 2.24) is 4.57 Å². The van der Waals surface area contributed by atoms with E-state index < -0.39 is 4.92 Å². The van der Waals surface area contributed by atoms with Crippen LogP contribution in [-0.4, -0.2) is 15.1 Å². The number of ether oxygens (including phenoxy) is 1. The van der Waals surface area contributed by atoms with Gasteiger partial charge >= 0.3 is 0 Å². The maximum absolute atomic E-state index is 12.4. The number of nitro benzene ring substituents is 1. The van der Waals surface area contributed by atoms with Crippen LogP contribution in [0.15, 0.2) is 23.0 Å². The minimum Gasteiger partial charge on any atom is -0.487 e. The third-order valence-corrected chi connectivity index (χ3v) is 3.99. The summed E-state index contributed by atoms with van der Waals surface area (Å²) in [6, 6.07) is 4.48. The SMILES string of the molecule is Cn1c(=O)c2c(c3cc([N+](=O)[O-])ccc31)OC(C)(C)CC2. The Morgan fingerprint density at radius 1 is 1.38 bits per heavy atom. The molecule has 3 rings (SSSR count). The molecule has 0 atom stereocenters. The Morgan fingerprint density at radius 2 is 2.10 bits per heavy atom. The van der Waals surface area contributed by atoms with Gasteiger partial charge in [0.25, 0.3) is 11.2 Å². The van der Waals surface area contributed by atoms with Gasteiger partial charge in [-0.25, -0.2) is 0 Å². The second-order valence-electron chi connectivity index (χ2n) is 5.99. The molecule has 0 aliphatic carbocycles. The van der Waals surface area contributed by atoms with Gasteiger partial charge in [0.2, 0.25) is 0 Å². The van der Waals surface area contributed by atoms with Crippen LogP contribution in [0.25, 0.3) is 10.9 Å². The van der Waals surface area contributed by atoms with Crippen molar-refractivity contribution in [3.63, 3.8) is 0 Å². The highest BCUT2D eigenvalue weighted by Crippen LogP contribution is 2.37. The van der Waals surface area contributed by atoms with Crippen LogP contribution in [0.5, 0.6) is 5.75 Å². The molecule has 0 fully saturated rings. The number of rotatable bonds is 1. The van der Waals surface area contributed by atoms with Crippen LogP contribution in [0.2, 0.25) is 0 Å². The molecular weight excluding hydrogens is 272 g/mol. The van der Waals surface area contributed by atoms with E-state index in [2.05, 4.69) is 0 Å². The highest BCUT2D eigenvalue weighted by atomic mass is 16.6. The number of benzene rings is 1. The van der Waals surface area contributed by atoms with Crippen LogP contribution >= 0.6 is 0 Å². The van der Waals surface area contributed by atoms with Gasteiger partial charge < -0.3 is 9.30 Å². The maximum atomic E-state index is 12.4. The Labute approximate surface area is 121 Å². The van der Waals surface area contributed by atoms with E-state index in [9.17, 15) is 14.9 Å². The van der Waals surface area contributed by atoms with Crippen LogP contribution in [0.4, 0.5) is 5.69 Å². The van der Waals surface area contributed by atoms with Crippen molar-refractivity contribution >= 4 is 16.6 Å². The molecule has 0 saturated heterocycles. The van der Waals surface area contributed by atoms with Crippen molar-refractivity contribution in [2.24, 2.45) is 7.05 Å². The lowest BCUT2D eigenvalue weighted by atomic mass is 9.93. The number of nitro groups is 1. The molecule has 0 unspecified atom stereocenters. The molecule has 6 nitrogen and oxygen atoms in total. The maximum Gasteiger partial charge on any atom is 0.270 e. The zero-order valence-corrected chi connectivity index (χ0v) is 12.2. The first kappa shape index (κ1) is 13.6. The highest BCUT2D eigenvalue weighted by Gasteiger charge is 2.31. The second kappa shape index (κ2) is 4.31. The molecule has 2 heterocycles. The first-order valence-corrected chi connectivity index (χ1v) is 6.79. The Morgan fingerprint density at radius 3 is 2.76 bits per heavy atom. The molecule has 0 spiro atoms. The molecule has 6 heteroatoms. The Bertz CT molecular complexity index is 821. The molecule has 0 saturated carbocycles. The lowest BCUT2D eigenvalue weighted by molar-refractivity contribution is -0.384. The predicted molar refractivity (Wildman–Crippen MR) is 78.9 cm³/mol. The van der Waals surface area contributed by atoms with Gasteiger partial charge in [-0.3, -0.25) is 14.9 Å². The average molecular weight is 288 g/mol. The lowest BCUT2D eigenvalue weighted by Gasteiger charge is -2.33. The fraction of sp³-hybridized carbons (Fsp3) is 0.400. The first-order chi connectivity index (χ1) is 9.80. The number of aryl methyl sites for hydroxylation is 1. The van der Waals surface area contributed by atoms with E-state index in [1.165, 1.54) is 16.7 Å². The Hall–Kier alpha value is -2.37. The fourth-order valence-electron chi connectivity index (χ4n) is 2.77. The van der Waals surface area contributed by atoms with Crippen LogP contribution in [0.3, 0.4) is 0 Å². The molecule has 2 aromatic rings. The normalized spacial score (nSPS) is 16.3. The molecule has 1 aromatic heterocycles. The molecular formula is C15H16N2O4. The number of aromatic nitrogens is 1. The standard InChI is InChI=1S/C15H16N2O4/c1-15(2)7-6-10-13(21-15)11-8-9(17(19)20)4-5-12(11)16(3)14(10)18/h4-5,8H,6-7H2,1-3H3. The van der Waals surface area contributed by atoms with Crippen LogP contribution < -0.4 is 10.3 Å². The van der Waals surface area contributed by atoms with Crippen molar-refractivity contribution in [2.75, 3.05) is 0 Å². The molecule has 21 heavy (non-hydrogen) atoms. The Kier molecular flexibility index (Phi) is 2.79. The molecule has 0 N–H and O–H groups in total. The van der Waals surface area contributed by atoms with Gasteiger partial charge in [0.15, 0.2) is 0 Å². The number of nitrogens with zero attached hydrogens (tertiary/aromatic N) is 2. The number of fused-ring (bicyclic) bond motifs is 3. The van der Waals surface area contributed by atoms with Gasteiger partial charge in [0, 0.05) is 24.6 Å². The summed E-state index contributed by atoms with van der Waals surface area (Å²) in [5, 5.41) is 11.6. The lowest BCUT2D eigenvalue weighted by Crippen LogP contribution is -2.36. The molecule has 0 bridgehead atoms. The summed E-state index contributed by atoms with van der Waals surface area (Å²) in [6.45, 7) is 3.91. The minimum atomic E-state index is -0.440. The van der Waals surface area contributed by atoms with Crippen molar-refractivity contribution in [1.29, 1.82) is 0 Å². The van der Waals surface area contributed by atoms with Gasteiger partial charge in [-0.1, -0.05) is 0 Å².